The van der Waals surface area contributed by atoms with Crippen LogP contribution in [0.2, 0.25) is 0 Å². The molecule has 3 rings (SSSR count). The molecule has 2 unspecified atom stereocenters. The van der Waals surface area contributed by atoms with Gasteiger partial charge < -0.3 is 25.0 Å². The highest BCUT2D eigenvalue weighted by Crippen LogP contribution is 2.24. The molecule has 2 heterocycles. The smallest absolute Gasteiger partial charge is 0.138 e. The Bertz CT molecular complexity index is 638. The maximum atomic E-state index is 9.99. The largest absolute Gasteiger partial charge is 0.399 e. The SMILES string of the molecule is CC(O)c1nc2cc(N)ccc2n1CC1CN(C)CCO1. The first-order valence-corrected chi connectivity index (χ1v) is 7.28. The Morgan fingerprint density at radius 2 is 2.33 bits per heavy atom. The van der Waals surface area contributed by atoms with Gasteiger partial charge in [-0.2, -0.15) is 0 Å². The molecule has 21 heavy (non-hydrogen) atoms. The summed E-state index contributed by atoms with van der Waals surface area (Å²) < 4.78 is 7.88. The third-order valence-corrected chi connectivity index (χ3v) is 3.90. The van der Waals surface area contributed by atoms with Crippen molar-refractivity contribution < 1.29 is 9.84 Å². The lowest BCUT2D eigenvalue weighted by atomic mass is 10.2. The Morgan fingerprint density at radius 1 is 1.52 bits per heavy atom. The van der Waals surface area contributed by atoms with E-state index >= 15 is 0 Å². The predicted molar refractivity (Wildman–Crippen MR) is 82.0 cm³/mol. The number of imidazole rings is 1. The molecule has 0 aliphatic carbocycles. The topological polar surface area (TPSA) is 76.5 Å². The van der Waals surface area contributed by atoms with Gasteiger partial charge >= 0.3 is 0 Å². The molecule has 0 radical (unpaired) electrons. The molecule has 0 saturated carbocycles. The summed E-state index contributed by atoms with van der Waals surface area (Å²) in [5.74, 6) is 0.660. The van der Waals surface area contributed by atoms with E-state index < -0.39 is 6.10 Å². The van der Waals surface area contributed by atoms with Gasteiger partial charge in [-0.3, -0.25) is 0 Å². The number of anilines is 1. The number of likely N-dealkylation sites (N-methyl/N-ethyl adjacent to an activating group) is 1. The molecular weight excluding hydrogens is 268 g/mol. The van der Waals surface area contributed by atoms with E-state index in [4.69, 9.17) is 10.5 Å². The molecule has 1 aromatic heterocycles. The maximum Gasteiger partial charge on any atom is 0.138 e. The second kappa shape index (κ2) is 5.63. The normalized spacial score (nSPS) is 21.8. The van der Waals surface area contributed by atoms with Crippen molar-refractivity contribution in [1.82, 2.24) is 14.5 Å². The minimum Gasteiger partial charge on any atom is -0.399 e. The number of hydrogen-bond acceptors (Lipinski definition) is 5. The van der Waals surface area contributed by atoms with Gasteiger partial charge in [0, 0.05) is 18.8 Å². The molecule has 1 aliphatic heterocycles. The Kier molecular flexibility index (Phi) is 3.84. The summed E-state index contributed by atoms with van der Waals surface area (Å²) in [6, 6.07) is 5.65. The fraction of sp³-hybridized carbons (Fsp3) is 0.533. The highest BCUT2D eigenvalue weighted by Gasteiger charge is 2.22. The number of nitrogens with zero attached hydrogens (tertiary/aromatic N) is 3. The van der Waals surface area contributed by atoms with Crippen LogP contribution >= 0.6 is 0 Å². The Labute approximate surface area is 124 Å². The van der Waals surface area contributed by atoms with E-state index in [9.17, 15) is 5.11 Å². The van der Waals surface area contributed by atoms with Gasteiger partial charge in [0.05, 0.1) is 30.3 Å². The number of hydrogen-bond donors (Lipinski definition) is 2. The molecule has 2 atom stereocenters. The lowest BCUT2D eigenvalue weighted by molar-refractivity contribution is -0.0279. The molecule has 114 valence electrons. The molecule has 0 spiro atoms. The summed E-state index contributed by atoms with van der Waals surface area (Å²) in [6.45, 7) is 5.00. The number of benzene rings is 1. The lowest BCUT2D eigenvalue weighted by Gasteiger charge is -2.30. The van der Waals surface area contributed by atoms with Crippen molar-refractivity contribution in [2.24, 2.45) is 0 Å². The minimum atomic E-state index is -0.625. The van der Waals surface area contributed by atoms with Crippen LogP contribution in [0.3, 0.4) is 0 Å². The van der Waals surface area contributed by atoms with Crippen molar-refractivity contribution >= 4 is 16.7 Å². The van der Waals surface area contributed by atoms with Crippen LogP contribution < -0.4 is 5.73 Å². The van der Waals surface area contributed by atoms with E-state index in [0.717, 1.165) is 30.7 Å². The fourth-order valence-corrected chi connectivity index (χ4v) is 2.86. The maximum absolute atomic E-state index is 9.99. The zero-order chi connectivity index (χ0) is 15.0. The standard InChI is InChI=1S/C15H22N4O2/c1-10(20)15-17-13-7-11(16)3-4-14(13)19(15)9-12-8-18(2)5-6-21-12/h3-4,7,10,12,20H,5-6,8-9,16H2,1-2H3. The average molecular weight is 290 g/mol. The van der Waals surface area contributed by atoms with Crippen LogP contribution in [0.15, 0.2) is 18.2 Å². The fourth-order valence-electron chi connectivity index (χ4n) is 2.86. The number of aromatic nitrogens is 2. The molecule has 0 bridgehead atoms. The Hall–Kier alpha value is -1.63. The van der Waals surface area contributed by atoms with E-state index in [1.54, 1.807) is 6.92 Å². The molecular formula is C15H22N4O2. The van der Waals surface area contributed by atoms with Gasteiger partial charge in [0.1, 0.15) is 11.9 Å². The molecule has 1 saturated heterocycles. The summed E-state index contributed by atoms with van der Waals surface area (Å²) in [6.07, 6.45) is -0.517. The van der Waals surface area contributed by atoms with Crippen molar-refractivity contribution in [3.05, 3.63) is 24.0 Å². The van der Waals surface area contributed by atoms with Crippen LogP contribution in [-0.4, -0.2) is 52.4 Å². The van der Waals surface area contributed by atoms with E-state index in [2.05, 4.69) is 16.9 Å². The number of nitrogen functional groups attached to an aromatic ring is 1. The van der Waals surface area contributed by atoms with Gasteiger partial charge in [-0.1, -0.05) is 0 Å². The number of ether oxygens (including phenoxy) is 1. The number of aliphatic hydroxyl groups excluding tert-OH is 1. The van der Waals surface area contributed by atoms with Crippen molar-refractivity contribution in [3.8, 4) is 0 Å². The summed E-state index contributed by atoms with van der Waals surface area (Å²) >= 11 is 0. The summed E-state index contributed by atoms with van der Waals surface area (Å²) in [5.41, 5.74) is 8.30. The average Bonchev–Trinajstić information content (AvgIpc) is 2.77. The van der Waals surface area contributed by atoms with E-state index in [0.29, 0.717) is 18.1 Å². The van der Waals surface area contributed by atoms with Crippen LogP contribution in [0.25, 0.3) is 11.0 Å². The summed E-state index contributed by atoms with van der Waals surface area (Å²) in [5, 5.41) is 9.99. The quantitative estimate of drug-likeness (QED) is 0.825. The minimum absolute atomic E-state index is 0.108. The number of morpholine rings is 1. The van der Waals surface area contributed by atoms with Gasteiger partial charge in [0.25, 0.3) is 0 Å². The number of rotatable bonds is 3. The van der Waals surface area contributed by atoms with E-state index in [-0.39, 0.29) is 6.10 Å². The first kappa shape index (κ1) is 14.3. The zero-order valence-electron chi connectivity index (χ0n) is 12.5. The highest BCUT2D eigenvalue weighted by atomic mass is 16.5. The monoisotopic (exact) mass is 290 g/mol. The molecule has 6 heteroatoms. The van der Waals surface area contributed by atoms with Gasteiger partial charge in [0.15, 0.2) is 0 Å². The van der Waals surface area contributed by atoms with Gasteiger partial charge in [-0.05, 0) is 32.2 Å². The highest BCUT2D eigenvalue weighted by molar-refractivity contribution is 5.79. The number of aliphatic hydroxyl groups is 1. The Balaban J connectivity index is 1.97. The summed E-state index contributed by atoms with van der Waals surface area (Å²) in [4.78, 5) is 6.78. The van der Waals surface area contributed by atoms with Crippen LogP contribution in [0, 0.1) is 0 Å². The van der Waals surface area contributed by atoms with Crippen molar-refractivity contribution in [2.45, 2.75) is 25.7 Å². The Morgan fingerprint density at radius 3 is 3.05 bits per heavy atom. The van der Waals surface area contributed by atoms with Gasteiger partial charge in [-0.25, -0.2) is 4.98 Å². The van der Waals surface area contributed by atoms with Gasteiger partial charge in [0.2, 0.25) is 0 Å². The van der Waals surface area contributed by atoms with Crippen LogP contribution in [0.1, 0.15) is 18.9 Å². The zero-order valence-corrected chi connectivity index (χ0v) is 12.5. The molecule has 1 aliphatic rings. The molecule has 2 aromatic rings. The van der Waals surface area contributed by atoms with E-state index in [1.165, 1.54) is 0 Å². The molecule has 0 amide bonds. The number of fused-ring (bicyclic) bond motifs is 1. The van der Waals surface area contributed by atoms with Crippen LogP contribution in [0.5, 0.6) is 0 Å². The first-order valence-electron chi connectivity index (χ1n) is 7.28. The van der Waals surface area contributed by atoms with Crippen molar-refractivity contribution in [1.29, 1.82) is 0 Å². The molecule has 3 N–H and O–H groups in total. The molecule has 1 aromatic carbocycles. The predicted octanol–water partition coefficient (Wildman–Crippen LogP) is 1.00. The third-order valence-electron chi connectivity index (χ3n) is 3.90. The summed E-state index contributed by atoms with van der Waals surface area (Å²) in [7, 11) is 2.10. The molecule has 6 nitrogen and oxygen atoms in total. The number of nitrogens with two attached hydrogens (primary N) is 1. The second-order valence-electron chi connectivity index (χ2n) is 5.76. The third kappa shape index (κ3) is 2.88. The van der Waals surface area contributed by atoms with E-state index in [1.807, 2.05) is 22.8 Å². The first-order chi connectivity index (χ1) is 10.0. The van der Waals surface area contributed by atoms with Crippen molar-refractivity contribution in [3.63, 3.8) is 0 Å². The van der Waals surface area contributed by atoms with Gasteiger partial charge in [-0.15, -0.1) is 0 Å². The van der Waals surface area contributed by atoms with Crippen LogP contribution in [0.4, 0.5) is 5.69 Å². The lowest BCUT2D eigenvalue weighted by Crippen LogP contribution is -2.42. The second-order valence-corrected chi connectivity index (χ2v) is 5.76. The molecule has 1 fully saturated rings. The van der Waals surface area contributed by atoms with Crippen LogP contribution in [-0.2, 0) is 11.3 Å². The van der Waals surface area contributed by atoms with Crippen molar-refractivity contribution in [2.75, 3.05) is 32.5 Å².